The van der Waals surface area contributed by atoms with Gasteiger partial charge in [-0.2, -0.15) is 0 Å². The third-order valence-corrected chi connectivity index (χ3v) is 3.47. The number of hydrogen-bond acceptors (Lipinski definition) is 3. The molecule has 17 heavy (non-hydrogen) atoms. The van der Waals surface area contributed by atoms with Crippen LogP contribution in [-0.4, -0.2) is 39.9 Å². The van der Waals surface area contributed by atoms with Crippen LogP contribution in [0.2, 0.25) is 0 Å². The van der Waals surface area contributed by atoms with E-state index in [9.17, 15) is 14.7 Å². The average molecular weight is 241 g/mol. The molecule has 0 bridgehead atoms. The van der Waals surface area contributed by atoms with Gasteiger partial charge in [-0.1, -0.05) is 0 Å². The summed E-state index contributed by atoms with van der Waals surface area (Å²) in [4.78, 5) is 24.7. The predicted molar refractivity (Wildman–Crippen MR) is 65.5 cm³/mol. The molecule has 4 heteroatoms. The molecule has 1 heterocycles. The molecule has 0 aromatic carbocycles. The van der Waals surface area contributed by atoms with E-state index in [1.54, 1.807) is 25.7 Å². The summed E-state index contributed by atoms with van der Waals surface area (Å²) in [5, 5.41) is 9.71. The second kappa shape index (κ2) is 5.17. The van der Waals surface area contributed by atoms with Gasteiger partial charge in [0.2, 0.25) is 5.91 Å². The Bertz CT molecular complexity index is 306. The summed E-state index contributed by atoms with van der Waals surface area (Å²) < 4.78 is 0. The van der Waals surface area contributed by atoms with Crippen LogP contribution in [0.25, 0.3) is 0 Å². The molecular weight excluding hydrogens is 218 g/mol. The van der Waals surface area contributed by atoms with Crippen molar-refractivity contribution in [2.24, 2.45) is 5.92 Å². The highest BCUT2D eigenvalue weighted by Crippen LogP contribution is 2.30. The molecule has 1 aliphatic heterocycles. The first-order chi connectivity index (χ1) is 7.72. The molecule has 4 nitrogen and oxygen atoms in total. The Morgan fingerprint density at radius 3 is 2.35 bits per heavy atom. The summed E-state index contributed by atoms with van der Waals surface area (Å²) >= 11 is 0. The van der Waals surface area contributed by atoms with Crippen LogP contribution < -0.4 is 0 Å². The van der Waals surface area contributed by atoms with E-state index in [1.165, 1.54) is 6.92 Å². The van der Waals surface area contributed by atoms with E-state index in [0.717, 1.165) is 12.8 Å². The first-order valence-corrected chi connectivity index (χ1v) is 6.22. The van der Waals surface area contributed by atoms with Gasteiger partial charge in [0.1, 0.15) is 0 Å². The Hall–Kier alpha value is -0.900. The molecule has 0 aliphatic carbocycles. The molecule has 1 rings (SSSR count). The van der Waals surface area contributed by atoms with Crippen LogP contribution in [0.1, 0.15) is 47.0 Å². The van der Waals surface area contributed by atoms with Gasteiger partial charge in [0.15, 0.2) is 5.78 Å². The van der Waals surface area contributed by atoms with Crippen molar-refractivity contribution in [1.82, 2.24) is 4.90 Å². The van der Waals surface area contributed by atoms with Crippen molar-refractivity contribution in [2.45, 2.75) is 58.6 Å². The van der Waals surface area contributed by atoms with E-state index in [0.29, 0.717) is 13.0 Å². The highest BCUT2D eigenvalue weighted by Gasteiger charge is 2.38. The van der Waals surface area contributed by atoms with E-state index >= 15 is 0 Å². The van der Waals surface area contributed by atoms with E-state index in [-0.39, 0.29) is 23.7 Å². The van der Waals surface area contributed by atoms with E-state index in [1.807, 2.05) is 0 Å². The lowest BCUT2D eigenvalue weighted by atomic mass is 9.88. The molecule has 2 unspecified atom stereocenters. The number of nitrogens with zero attached hydrogens (tertiary/aromatic N) is 1. The highest BCUT2D eigenvalue weighted by atomic mass is 16.3. The summed E-state index contributed by atoms with van der Waals surface area (Å²) in [6, 6.07) is -0.283. The zero-order valence-electron chi connectivity index (χ0n) is 11.2. The minimum atomic E-state index is -0.703. The number of ketones is 1. The quantitative estimate of drug-likeness (QED) is 0.808. The van der Waals surface area contributed by atoms with Crippen LogP contribution in [0, 0.1) is 5.92 Å². The lowest BCUT2D eigenvalue weighted by Gasteiger charge is -2.26. The van der Waals surface area contributed by atoms with Gasteiger partial charge in [-0.25, -0.2) is 0 Å². The monoisotopic (exact) mass is 241 g/mol. The Balaban J connectivity index is 2.67. The van der Waals surface area contributed by atoms with Gasteiger partial charge in [-0.3, -0.25) is 9.59 Å². The van der Waals surface area contributed by atoms with Crippen LogP contribution in [0.15, 0.2) is 0 Å². The molecule has 1 aliphatic rings. The predicted octanol–water partition coefficient (Wildman–Crippen LogP) is 1.36. The fourth-order valence-electron chi connectivity index (χ4n) is 2.60. The summed E-state index contributed by atoms with van der Waals surface area (Å²) in [6.07, 6.45) is 2.31. The van der Waals surface area contributed by atoms with Crippen LogP contribution >= 0.6 is 0 Å². The van der Waals surface area contributed by atoms with Crippen molar-refractivity contribution in [3.8, 4) is 0 Å². The van der Waals surface area contributed by atoms with Crippen LogP contribution in [0.4, 0.5) is 0 Å². The highest BCUT2D eigenvalue weighted by molar-refractivity contribution is 5.87. The lowest BCUT2D eigenvalue weighted by Crippen LogP contribution is -2.41. The fraction of sp³-hybridized carbons (Fsp3) is 0.846. The van der Waals surface area contributed by atoms with Gasteiger partial charge in [0, 0.05) is 13.5 Å². The van der Waals surface area contributed by atoms with Crippen molar-refractivity contribution < 1.29 is 14.7 Å². The van der Waals surface area contributed by atoms with Crippen LogP contribution in [-0.2, 0) is 9.59 Å². The van der Waals surface area contributed by atoms with Gasteiger partial charge in [-0.15, -0.1) is 0 Å². The maximum absolute atomic E-state index is 11.6. The molecule has 0 radical (unpaired) electrons. The SMILES string of the molecule is CC(=O)C1C(CCC(C)(C)O)CCN1C(C)=O. The molecule has 98 valence electrons. The molecule has 2 atom stereocenters. The standard InChI is InChI=1S/C13H23NO3/c1-9(15)12-11(5-7-13(3,4)17)6-8-14(12)10(2)16/h11-12,17H,5-8H2,1-4H3. The maximum Gasteiger partial charge on any atom is 0.220 e. The molecule has 1 amide bonds. The van der Waals surface area contributed by atoms with Crippen molar-refractivity contribution in [3.63, 3.8) is 0 Å². The number of likely N-dealkylation sites (tertiary alicyclic amines) is 1. The van der Waals surface area contributed by atoms with Gasteiger partial charge in [0.05, 0.1) is 11.6 Å². The first kappa shape index (κ1) is 14.2. The number of Topliss-reactive ketones (excluding diaryl/α,β-unsaturated/α-hetero) is 1. The summed E-state index contributed by atoms with van der Waals surface area (Å²) in [5.74, 6) is 0.220. The third kappa shape index (κ3) is 3.80. The zero-order chi connectivity index (χ0) is 13.2. The number of carbonyl (C=O) groups excluding carboxylic acids is 2. The normalized spacial score (nSPS) is 25.1. The Morgan fingerprint density at radius 1 is 1.35 bits per heavy atom. The molecule has 0 spiro atoms. The van der Waals surface area contributed by atoms with E-state index in [4.69, 9.17) is 0 Å². The summed E-state index contributed by atoms with van der Waals surface area (Å²) in [5.41, 5.74) is -0.703. The molecule has 1 N–H and O–H groups in total. The topological polar surface area (TPSA) is 57.6 Å². The minimum Gasteiger partial charge on any atom is -0.390 e. The molecule has 0 saturated carbocycles. The number of carbonyl (C=O) groups is 2. The molecular formula is C13H23NO3. The van der Waals surface area contributed by atoms with Crippen molar-refractivity contribution in [1.29, 1.82) is 0 Å². The fourth-order valence-corrected chi connectivity index (χ4v) is 2.60. The second-order valence-corrected chi connectivity index (χ2v) is 5.67. The van der Waals surface area contributed by atoms with Gasteiger partial charge >= 0.3 is 0 Å². The van der Waals surface area contributed by atoms with Gasteiger partial charge < -0.3 is 10.0 Å². The van der Waals surface area contributed by atoms with Crippen LogP contribution in [0.3, 0.4) is 0 Å². The average Bonchev–Trinajstić information content (AvgIpc) is 2.56. The third-order valence-electron chi connectivity index (χ3n) is 3.47. The van der Waals surface area contributed by atoms with Crippen molar-refractivity contribution in [2.75, 3.05) is 6.54 Å². The smallest absolute Gasteiger partial charge is 0.220 e. The number of amides is 1. The first-order valence-electron chi connectivity index (χ1n) is 6.22. The molecule has 1 fully saturated rings. The number of aliphatic hydroxyl groups is 1. The molecule has 1 saturated heterocycles. The van der Waals surface area contributed by atoms with Gasteiger partial charge in [0.25, 0.3) is 0 Å². The van der Waals surface area contributed by atoms with Gasteiger partial charge in [-0.05, 0) is 46.0 Å². The van der Waals surface area contributed by atoms with E-state index in [2.05, 4.69) is 0 Å². The Kier molecular flexibility index (Phi) is 4.31. The Labute approximate surface area is 103 Å². The summed E-state index contributed by atoms with van der Waals surface area (Å²) in [7, 11) is 0. The zero-order valence-corrected chi connectivity index (χ0v) is 11.2. The maximum atomic E-state index is 11.6. The molecule has 0 aromatic rings. The number of rotatable bonds is 4. The van der Waals surface area contributed by atoms with Crippen molar-refractivity contribution in [3.05, 3.63) is 0 Å². The lowest BCUT2D eigenvalue weighted by molar-refractivity contribution is -0.136. The Morgan fingerprint density at radius 2 is 1.94 bits per heavy atom. The van der Waals surface area contributed by atoms with Crippen LogP contribution in [0.5, 0.6) is 0 Å². The minimum absolute atomic E-state index is 0.0315. The summed E-state index contributed by atoms with van der Waals surface area (Å²) in [6.45, 7) is 7.26. The number of hydrogen-bond donors (Lipinski definition) is 1. The van der Waals surface area contributed by atoms with Crippen molar-refractivity contribution >= 4 is 11.7 Å². The van der Waals surface area contributed by atoms with E-state index < -0.39 is 5.60 Å². The second-order valence-electron chi connectivity index (χ2n) is 5.67. The molecule has 0 aromatic heterocycles. The largest absolute Gasteiger partial charge is 0.390 e.